The van der Waals surface area contributed by atoms with E-state index in [-0.39, 0.29) is 5.41 Å². The van der Waals surface area contributed by atoms with Gasteiger partial charge in [0, 0.05) is 23.9 Å². The maximum absolute atomic E-state index is 11.8. The van der Waals surface area contributed by atoms with Crippen LogP contribution in [0.2, 0.25) is 0 Å². The first-order chi connectivity index (χ1) is 9.01. The second-order valence-corrected chi connectivity index (χ2v) is 9.34. The van der Waals surface area contributed by atoms with Gasteiger partial charge in [-0.2, -0.15) is 0 Å². The summed E-state index contributed by atoms with van der Waals surface area (Å²) in [6, 6.07) is 0. The smallest absolute Gasteiger partial charge is 0.150 e. The van der Waals surface area contributed by atoms with E-state index in [1.807, 2.05) is 0 Å². The Labute approximate surface area is 133 Å². The quantitative estimate of drug-likeness (QED) is 0.645. The lowest BCUT2D eigenvalue weighted by Crippen LogP contribution is -2.38. The van der Waals surface area contributed by atoms with Crippen molar-refractivity contribution in [2.75, 3.05) is 35.4 Å². The molecule has 0 N–H and O–H groups in total. The molecule has 0 spiro atoms. The van der Waals surface area contributed by atoms with Gasteiger partial charge in [0.25, 0.3) is 0 Å². The lowest BCUT2D eigenvalue weighted by atomic mass is 9.71. The molecule has 6 heteroatoms. The summed E-state index contributed by atoms with van der Waals surface area (Å²) in [5, 5.41) is 1.76. The highest BCUT2D eigenvalue weighted by Crippen LogP contribution is 2.45. The van der Waals surface area contributed by atoms with Gasteiger partial charge in [-0.25, -0.2) is 8.42 Å². The Bertz CT molecular complexity index is 387. The monoisotopic (exact) mass is 416 g/mol. The van der Waals surface area contributed by atoms with Gasteiger partial charge in [0.15, 0.2) is 9.84 Å². The molecule has 0 aromatic carbocycles. The molecular weight excluding hydrogens is 396 g/mol. The molecule has 2 saturated heterocycles. The molecule has 0 amide bonds. The van der Waals surface area contributed by atoms with Crippen LogP contribution in [-0.4, -0.2) is 43.8 Å². The van der Waals surface area contributed by atoms with Gasteiger partial charge in [0.05, 0.1) is 11.5 Å². The Kier molecular flexibility index (Phi) is 5.77. The summed E-state index contributed by atoms with van der Waals surface area (Å²) in [6.45, 7) is 1.71. The minimum atomic E-state index is -2.81. The van der Waals surface area contributed by atoms with Gasteiger partial charge >= 0.3 is 0 Å². The van der Waals surface area contributed by atoms with Crippen LogP contribution in [0, 0.1) is 17.3 Å². The predicted octanol–water partition coefficient (Wildman–Crippen LogP) is 3.01. The highest BCUT2D eigenvalue weighted by Gasteiger charge is 2.44. The number of halogens is 2. The molecule has 0 bridgehead atoms. The van der Waals surface area contributed by atoms with Crippen LogP contribution < -0.4 is 0 Å². The van der Waals surface area contributed by atoms with Crippen LogP contribution in [0.25, 0.3) is 0 Å². The molecule has 19 heavy (non-hydrogen) atoms. The number of hydrogen-bond donors (Lipinski definition) is 0. The van der Waals surface area contributed by atoms with Crippen LogP contribution in [0.5, 0.6) is 0 Å². The Morgan fingerprint density at radius 1 is 1.11 bits per heavy atom. The van der Waals surface area contributed by atoms with Crippen molar-refractivity contribution in [2.24, 2.45) is 17.3 Å². The summed E-state index contributed by atoms with van der Waals surface area (Å²) < 4.78 is 28.9. The Morgan fingerprint density at radius 2 is 1.74 bits per heavy atom. The van der Waals surface area contributed by atoms with E-state index in [4.69, 9.17) is 4.74 Å². The fraction of sp³-hybridized carbons (Fsp3) is 1.00. The molecule has 2 rings (SSSR count). The molecule has 112 valence electrons. The molecule has 0 radical (unpaired) electrons. The molecule has 3 nitrogen and oxygen atoms in total. The van der Waals surface area contributed by atoms with Crippen molar-refractivity contribution in [3.63, 3.8) is 0 Å². The number of rotatable bonds is 5. The first kappa shape index (κ1) is 16.2. The fourth-order valence-corrected chi connectivity index (χ4v) is 7.58. The third kappa shape index (κ3) is 3.95. The molecule has 0 aromatic rings. The van der Waals surface area contributed by atoms with Crippen LogP contribution >= 0.6 is 31.9 Å². The van der Waals surface area contributed by atoms with Gasteiger partial charge in [0.2, 0.25) is 0 Å². The van der Waals surface area contributed by atoms with E-state index in [2.05, 4.69) is 31.9 Å². The van der Waals surface area contributed by atoms with Crippen LogP contribution in [0.3, 0.4) is 0 Å². The molecule has 2 aliphatic heterocycles. The lowest BCUT2D eigenvalue weighted by Gasteiger charge is -2.39. The third-order valence-electron chi connectivity index (χ3n) is 4.67. The van der Waals surface area contributed by atoms with Crippen molar-refractivity contribution in [3.8, 4) is 0 Å². The fourth-order valence-electron chi connectivity index (χ4n) is 3.33. The van der Waals surface area contributed by atoms with Crippen LogP contribution in [-0.2, 0) is 14.6 Å². The first-order valence-corrected chi connectivity index (χ1v) is 11.0. The Balaban J connectivity index is 2.08. The number of sulfone groups is 1. The summed E-state index contributed by atoms with van der Waals surface area (Å²) in [6.07, 6.45) is 4.15. The van der Waals surface area contributed by atoms with Gasteiger partial charge in [-0.1, -0.05) is 31.9 Å². The molecule has 1 unspecified atom stereocenters. The topological polar surface area (TPSA) is 43.4 Å². The largest absolute Gasteiger partial charge is 0.381 e. The first-order valence-electron chi connectivity index (χ1n) is 6.91. The molecular formula is C13H22Br2O3S. The molecule has 2 aliphatic rings. The van der Waals surface area contributed by atoms with Gasteiger partial charge in [-0.15, -0.1) is 0 Å². The molecule has 2 heterocycles. The molecule has 0 aromatic heterocycles. The van der Waals surface area contributed by atoms with Crippen LogP contribution in [0.15, 0.2) is 0 Å². The van der Waals surface area contributed by atoms with Crippen molar-refractivity contribution >= 4 is 41.7 Å². The maximum Gasteiger partial charge on any atom is 0.150 e. The van der Waals surface area contributed by atoms with Crippen molar-refractivity contribution in [1.29, 1.82) is 0 Å². The zero-order chi connectivity index (χ0) is 13.9. The molecule has 0 aliphatic carbocycles. The van der Waals surface area contributed by atoms with Crippen molar-refractivity contribution in [2.45, 2.75) is 25.7 Å². The van der Waals surface area contributed by atoms with Crippen LogP contribution in [0.1, 0.15) is 25.7 Å². The average Bonchev–Trinajstić information content (AvgIpc) is 2.78. The van der Waals surface area contributed by atoms with E-state index < -0.39 is 9.84 Å². The van der Waals surface area contributed by atoms with E-state index in [1.165, 1.54) is 0 Å². The summed E-state index contributed by atoms with van der Waals surface area (Å²) >= 11 is 7.30. The van der Waals surface area contributed by atoms with Gasteiger partial charge < -0.3 is 4.74 Å². The van der Waals surface area contributed by atoms with Crippen LogP contribution in [0.4, 0.5) is 0 Å². The number of alkyl halides is 2. The normalized spacial score (nSPS) is 28.6. The van der Waals surface area contributed by atoms with Crippen molar-refractivity contribution in [1.82, 2.24) is 0 Å². The van der Waals surface area contributed by atoms with E-state index >= 15 is 0 Å². The summed E-state index contributed by atoms with van der Waals surface area (Å²) in [5.41, 5.74) is 0.0750. The van der Waals surface area contributed by atoms with E-state index in [0.717, 1.165) is 49.6 Å². The highest BCUT2D eigenvalue weighted by atomic mass is 79.9. The maximum atomic E-state index is 11.8. The summed E-state index contributed by atoms with van der Waals surface area (Å²) in [4.78, 5) is 0. The predicted molar refractivity (Wildman–Crippen MR) is 84.9 cm³/mol. The SMILES string of the molecule is O=S1(=O)CCC(C(CBr)(CBr)CC2CCOCC2)C1. The molecule has 1 atom stereocenters. The molecule has 2 fully saturated rings. The third-order valence-corrected chi connectivity index (χ3v) is 8.67. The van der Waals surface area contributed by atoms with Crippen molar-refractivity contribution < 1.29 is 13.2 Å². The minimum Gasteiger partial charge on any atom is -0.381 e. The van der Waals surface area contributed by atoms with E-state index in [9.17, 15) is 8.42 Å². The Morgan fingerprint density at radius 3 is 2.21 bits per heavy atom. The zero-order valence-corrected chi connectivity index (χ0v) is 15.1. The highest BCUT2D eigenvalue weighted by molar-refractivity contribution is 9.09. The Hall–Kier alpha value is 0.870. The van der Waals surface area contributed by atoms with Gasteiger partial charge in [-0.05, 0) is 42.9 Å². The summed E-state index contributed by atoms with van der Waals surface area (Å²) in [7, 11) is -2.81. The second kappa shape index (κ2) is 6.75. The number of hydrogen-bond acceptors (Lipinski definition) is 3. The molecule has 0 saturated carbocycles. The van der Waals surface area contributed by atoms with E-state index in [0.29, 0.717) is 23.3 Å². The zero-order valence-electron chi connectivity index (χ0n) is 11.1. The van der Waals surface area contributed by atoms with Crippen molar-refractivity contribution in [3.05, 3.63) is 0 Å². The second-order valence-electron chi connectivity index (χ2n) is 5.99. The average molecular weight is 418 g/mol. The lowest BCUT2D eigenvalue weighted by molar-refractivity contribution is 0.0456. The van der Waals surface area contributed by atoms with E-state index in [1.54, 1.807) is 0 Å². The van der Waals surface area contributed by atoms with Gasteiger partial charge in [-0.3, -0.25) is 0 Å². The standard InChI is InChI=1S/C13H22Br2O3S/c14-9-13(10-15,7-11-1-4-18-5-2-11)12-3-6-19(16,17)8-12/h11-12H,1-10H2. The summed E-state index contributed by atoms with van der Waals surface area (Å²) in [5.74, 6) is 1.70. The van der Waals surface area contributed by atoms with Gasteiger partial charge in [0.1, 0.15) is 0 Å². The number of ether oxygens (including phenoxy) is 1. The minimum absolute atomic E-state index is 0.0750.